The highest BCUT2D eigenvalue weighted by molar-refractivity contribution is 6.33. The SMILES string of the molecule is CCN1CCN(C(=O)c2cccc(-c3cnc(N)c(Cl)c3)c2)C(CCC(F)(F)F)C1=O. The molecule has 0 bridgehead atoms. The van der Waals surface area contributed by atoms with Crippen LogP contribution < -0.4 is 5.73 Å². The number of carbonyl (C=O) groups excluding carboxylic acids is 2. The maximum absolute atomic E-state index is 13.2. The number of rotatable bonds is 5. The Kier molecular flexibility index (Phi) is 6.74. The van der Waals surface area contributed by atoms with Crippen LogP contribution in [0.2, 0.25) is 5.02 Å². The molecule has 0 spiro atoms. The maximum Gasteiger partial charge on any atom is 0.389 e. The molecule has 1 aromatic heterocycles. The normalized spacial score (nSPS) is 17.2. The van der Waals surface area contributed by atoms with Crippen LogP contribution in [-0.4, -0.2) is 58.5 Å². The molecule has 1 atom stereocenters. The Morgan fingerprint density at radius 2 is 2.00 bits per heavy atom. The molecule has 0 radical (unpaired) electrons. The van der Waals surface area contributed by atoms with Gasteiger partial charge < -0.3 is 15.5 Å². The molecule has 1 fully saturated rings. The molecule has 2 heterocycles. The molecule has 2 N–H and O–H groups in total. The van der Waals surface area contributed by atoms with Crippen molar-refractivity contribution in [1.29, 1.82) is 0 Å². The molecular formula is C21H22ClF3N4O2. The minimum absolute atomic E-state index is 0.167. The van der Waals surface area contributed by atoms with Gasteiger partial charge >= 0.3 is 6.18 Å². The highest BCUT2D eigenvalue weighted by Gasteiger charge is 2.39. The van der Waals surface area contributed by atoms with Gasteiger partial charge in [-0.15, -0.1) is 0 Å². The fraction of sp³-hybridized carbons (Fsp3) is 0.381. The van der Waals surface area contributed by atoms with Gasteiger partial charge in [-0.3, -0.25) is 9.59 Å². The number of nitrogens with two attached hydrogens (primary N) is 1. The summed E-state index contributed by atoms with van der Waals surface area (Å²) in [7, 11) is 0. The second-order valence-corrected chi connectivity index (χ2v) is 7.67. The molecule has 10 heteroatoms. The van der Waals surface area contributed by atoms with E-state index in [0.29, 0.717) is 17.7 Å². The molecule has 0 aliphatic carbocycles. The zero-order valence-corrected chi connectivity index (χ0v) is 17.6. The Morgan fingerprint density at radius 1 is 1.26 bits per heavy atom. The van der Waals surface area contributed by atoms with Crippen LogP contribution in [0.25, 0.3) is 11.1 Å². The summed E-state index contributed by atoms with van der Waals surface area (Å²) < 4.78 is 38.4. The Morgan fingerprint density at radius 3 is 2.65 bits per heavy atom. The second kappa shape index (κ2) is 9.13. The number of alkyl halides is 3. The Balaban J connectivity index is 1.88. The first-order valence-corrected chi connectivity index (χ1v) is 10.2. The number of piperazine rings is 1. The number of hydrogen-bond acceptors (Lipinski definition) is 4. The molecule has 1 aliphatic rings. The molecule has 1 aliphatic heterocycles. The van der Waals surface area contributed by atoms with Gasteiger partial charge in [0.2, 0.25) is 5.91 Å². The van der Waals surface area contributed by atoms with Crippen molar-refractivity contribution in [2.75, 3.05) is 25.4 Å². The van der Waals surface area contributed by atoms with Crippen LogP contribution in [0.15, 0.2) is 36.5 Å². The van der Waals surface area contributed by atoms with Crippen LogP contribution in [0.4, 0.5) is 19.0 Å². The molecule has 0 saturated carbocycles. The largest absolute Gasteiger partial charge is 0.389 e. The number of hydrogen-bond donors (Lipinski definition) is 1. The molecule has 1 unspecified atom stereocenters. The van der Waals surface area contributed by atoms with Gasteiger partial charge in [0, 0.05) is 43.4 Å². The number of nitrogens with zero attached hydrogens (tertiary/aromatic N) is 3. The van der Waals surface area contributed by atoms with Crippen molar-refractivity contribution >= 4 is 29.2 Å². The first-order valence-electron chi connectivity index (χ1n) is 9.78. The first kappa shape index (κ1) is 22.9. The summed E-state index contributed by atoms with van der Waals surface area (Å²) in [5, 5.41) is 0.266. The zero-order chi connectivity index (χ0) is 22.8. The average molecular weight is 455 g/mol. The molecule has 2 amide bonds. The summed E-state index contributed by atoms with van der Waals surface area (Å²) in [6.07, 6.45) is -4.51. The molecule has 1 saturated heterocycles. The number of aromatic nitrogens is 1. The predicted molar refractivity (Wildman–Crippen MR) is 111 cm³/mol. The molecule has 3 rings (SSSR count). The van der Waals surface area contributed by atoms with Crippen molar-refractivity contribution < 1.29 is 22.8 Å². The molecule has 6 nitrogen and oxygen atoms in total. The molecular weight excluding hydrogens is 433 g/mol. The lowest BCUT2D eigenvalue weighted by Crippen LogP contribution is -2.58. The number of carbonyl (C=O) groups is 2. The minimum atomic E-state index is -4.41. The summed E-state index contributed by atoms with van der Waals surface area (Å²) in [6, 6.07) is 7.03. The van der Waals surface area contributed by atoms with Gasteiger partial charge in [0.1, 0.15) is 11.9 Å². The fourth-order valence-electron chi connectivity index (χ4n) is 3.58. The Labute approximate surface area is 182 Å². The van der Waals surface area contributed by atoms with Gasteiger partial charge in [-0.25, -0.2) is 4.98 Å². The van der Waals surface area contributed by atoms with E-state index < -0.39 is 36.9 Å². The van der Waals surface area contributed by atoms with E-state index >= 15 is 0 Å². The van der Waals surface area contributed by atoms with E-state index in [1.807, 2.05) is 0 Å². The highest BCUT2D eigenvalue weighted by Crippen LogP contribution is 2.29. The molecule has 2 aromatic rings. The van der Waals surface area contributed by atoms with Crippen molar-refractivity contribution in [3.05, 3.63) is 47.1 Å². The maximum atomic E-state index is 13.2. The quantitative estimate of drug-likeness (QED) is 0.740. The van der Waals surface area contributed by atoms with Gasteiger partial charge in [-0.2, -0.15) is 13.2 Å². The van der Waals surface area contributed by atoms with E-state index in [1.165, 1.54) is 16.0 Å². The van der Waals surface area contributed by atoms with E-state index in [0.717, 1.165) is 0 Å². The van der Waals surface area contributed by atoms with E-state index in [4.69, 9.17) is 17.3 Å². The van der Waals surface area contributed by atoms with Crippen LogP contribution in [0, 0.1) is 0 Å². The van der Waals surface area contributed by atoms with Crippen LogP contribution >= 0.6 is 11.6 Å². The Hall–Kier alpha value is -2.81. The van der Waals surface area contributed by atoms with Gasteiger partial charge in [0.05, 0.1) is 5.02 Å². The van der Waals surface area contributed by atoms with Crippen LogP contribution in [-0.2, 0) is 4.79 Å². The number of likely N-dealkylation sites (N-methyl/N-ethyl adjacent to an activating group) is 1. The zero-order valence-electron chi connectivity index (χ0n) is 16.8. The first-order chi connectivity index (χ1) is 14.6. The van der Waals surface area contributed by atoms with Gasteiger partial charge in [0.15, 0.2) is 0 Å². The summed E-state index contributed by atoms with van der Waals surface area (Å²) in [5.41, 5.74) is 7.17. The number of pyridine rings is 1. The summed E-state index contributed by atoms with van der Waals surface area (Å²) in [6.45, 7) is 2.58. The lowest BCUT2D eigenvalue weighted by atomic mass is 10.0. The molecule has 31 heavy (non-hydrogen) atoms. The number of halogens is 4. The smallest absolute Gasteiger partial charge is 0.382 e. The lowest BCUT2D eigenvalue weighted by Gasteiger charge is -2.40. The van der Waals surface area contributed by atoms with Crippen molar-refractivity contribution in [2.24, 2.45) is 0 Å². The molecule has 166 valence electrons. The third kappa shape index (κ3) is 5.28. The van der Waals surface area contributed by atoms with Crippen molar-refractivity contribution in [3.8, 4) is 11.1 Å². The fourth-order valence-corrected chi connectivity index (χ4v) is 3.75. The standard InChI is InChI=1S/C21H22ClF3N4O2/c1-2-28-8-9-29(17(20(28)31)6-7-21(23,24)25)19(30)14-5-3-4-13(10-14)15-11-16(22)18(26)27-12-15/h3-5,10-12,17H,2,6-9H2,1H3,(H2,26,27). The number of nitrogen functional groups attached to an aromatic ring is 1. The number of benzene rings is 1. The topological polar surface area (TPSA) is 79.5 Å². The number of anilines is 1. The highest BCUT2D eigenvalue weighted by atomic mass is 35.5. The predicted octanol–water partition coefficient (Wildman–Crippen LogP) is 4.00. The van der Waals surface area contributed by atoms with Crippen LogP contribution in [0.1, 0.15) is 30.1 Å². The lowest BCUT2D eigenvalue weighted by molar-refractivity contribution is -0.149. The second-order valence-electron chi connectivity index (χ2n) is 7.26. The average Bonchev–Trinajstić information content (AvgIpc) is 2.73. The Bertz CT molecular complexity index is 983. The van der Waals surface area contributed by atoms with E-state index in [9.17, 15) is 22.8 Å². The van der Waals surface area contributed by atoms with Crippen molar-refractivity contribution in [1.82, 2.24) is 14.8 Å². The van der Waals surface area contributed by atoms with E-state index in [2.05, 4.69) is 4.98 Å². The van der Waals surface area contributed by atoms with E-state index in [1.54, 1.807) is 37.3 Å². The van der Waals surface area contributed by atoms with Gasteiger partial charge in [0.25, 0.3) is 5.91 Å². The van der Waals surface area contributed by atoms with Gasteiger partial charge in [-0.1, -0.05) is 23.7 Å². The van der Waals surface area contributed by atoms with E-state index in [-0.39, 0.29) is 29.5 Å². The summed E-state index contributed by atoms with van der Waals surface area (Å²) in [5.74, 6) is -0.776. The van der Waals surface area contributed by atoms with Gasteiger partial charge in [-0.05, 0) is 37.1 Å². The minimum Gasteiger partial charge on any atom is -0.382 e. The summed E-state index contributed by atoms with van der Waals surface area (Å²) in [4.78, 5) is 32.6. The van der Waals surface area contributed by atoms with Crippen molar-refractivity contribution in [2.45, 2.75) is 32.0 Å². The third-order valence-electron chi connectivity index (χ3n) is 5.24. The van der Waals surface area contributed by atoms with Crippen LogP contribution in [0.5, 0.6) is 0 Å². The van der Waals surface area contributed by atoms with Crippen LogP contribution in [0.3, 0.4) is 0 Å². The number of amides is 2. The van der Waals surface area contributed by atoms with Crippen molar-refractivity contribution in [3.63, 3.8) is 0 Å². The monoisotopic (exact) mass is 454 g/mol. The third-order valence-corrected chi connectivity index (χ3v) is 5.54. The molecule has 1 aromatic carbocycles. The summed E-state index contributed by atoms with van der Waals surface area (Å²) >= 11 is 6.03.